The van der Waals surface area contributed by atoms with Crippen LogP contribution in [-0.2, 0) is 16.0 Å². The molecule has 5 nitrogen and oxygen atoms in total. The maximum absolute atomic E-state index is 13.0. The number of nitrogens with zero attached hydrogens (tertiary/aromatic N) is 1. The van der Waals surface area contributed by atoms with Crippen molar-refractivity contribution in [3.63, 3.8) is 0 Å². The van der Waals surface area contributed by atoms with E-state index in [1.165, 1.54) is 5.56 Å². The number of thiophene rings is 1. The predicted octanol–water partition coefficient (Wildman–Crippen LogP) is 3.97. The summed E-state index contributed by atoms with van der Waals surface area (Å²) in [5.74, 6) is -0.305. The molecule has 2 heterocycles. The zero-order chi connectivity index (χ0) is 20.2. The van der Waals surface area contributed by atoms with Gasteiger partial charge in [-0.2, -0.15) is 0 Å². The van der Waals surface area contributed by atoms with Crippen molar-refractivity contribution in [2.24, 2.45) is 0 Å². The van der Waals surface area contributed by atoms with Crippen molar-refractivity contribution in [3.05, 3.63) is 82.0 Å². The molecule has 2 N–H and O–H groups in total. The lowest BCUT2D eigenvalue weighted by atomic mass is 10.0. The summed E-state index contributed by atoms with van der Waals surface area (Å²) in [6.45, 7) is 2.31. The molecule has 0 saturated heterocycles. The average Bonchev–Trinajstić information content (AvgIpc) is 3.28. The van der Waals surface area contributed by atoms with Crippen molar-refractivity contribution in [1.82, 2.24) is 5.32 Å². The van der Waals surface area contributed by atoms with E-state index in [1.807, 2.05) is 35.7 Å². The van der Waals surface area contributed by atoms with E-state index < -0.39 is 0 Å². The highest BCUT2D eigenvalue weighted by Crippen LogP contribution is 2.30. The second-order valence-corrected chi connectivity index (χ2v) is 7.95. The summed E-state index contributed by atoms with van der Waals surface area (Å²) < 4.78 is 0. The number of hydrogen-bond donors (Lipinski definition) is 2. The van der Waals surface area contributed by atoms with E-state index in [0.29, 0.717) is 5.69 Å². The number of carbonyl (C=O) groups excluding carboxylic acids is 2. The molecule has 1 aromatic heterocycles. The van der Waals surface area contributed by atoms with Crippen LogP contribution in [-0.4, -0.2) is 24.9 Å². The molecule has 29 heavy (non-hydrogen) atoms. The first-order chi connectivity index (χ1) is 14.2. The van der Waals surface area contributed by atoms with Crippen molar-refractivity contribution in [1.29, 1.82) is 0 Å². The van der Waals surface area contributed by atoms with Crippen molar-refractivity contribution >= 4 is 34.5 Å². The zero-order valence-electron chi connectivity index (χ0n) is 16.2. The Morgan fingerprint density at radius 2 is 1.93 bits per heavy atom. The summed E-state index contributed by atoms with van der Waals surface area (Å²) in [4.78, 5) is 27.7. The number of aryl methyl sites for hydroxylation is 1. The van der Waals surface area contributed by atoms with Gasteiger partial charge in [0.2, 0.25) is 11.8 Å². The van der Waals surface area contributed by atoms with Gasteiger partial charge in [-0.25, -0.2) is 0 Å². The van der Waals surface area contributed by atoms with Crippen LogP contribution in [0.4, 0.5) is 11.4 Å². The third-order valence-electron chi connectivity index (χ3n) is 5.08. The summed E-state index contributed by atoms with van der Waals surface area (Å²) in [5.41, 5.74) is 3.81. The van der Waals surface area contributed by atoms with Gasteiger partial charge >= 0.3 is 0 Å². The van der Waals surface area contributed by atoms with E-state index in [2.05, 4.69) is 47.9 Å². The number of nitrogens with one attached hydrogen (secondary N) is 2. The first-order valence-corrected chi connectivity index (χ1v) is 10.6. The Hall–Kier alpha value is -2.96. The van der Waals surface area contributed by atoms with Crippen LogP contribution in [0.25, 0.3) is 0 Å². The molecule has 6 heteroatoms. The molecule has 1 aliphatic rings. The summed E-state index contributed by atoms with van der Waals surface area (Å²) in [6, 6.07) is 19.9. The van der Waals surface area contributed by atoms with E-state index in [0.717, 1.165) is 22.5 Å². The molecule has 1 aliphatic heterocycles. The van der Waals surface area contributed by atoms with E-state index in [4.69, 9.17) is 0 Å². The second-order valence-electron chi connectivity index (χ2n) is 6.97. The highest BCUT2D eigenvalue weighted by atomic mass is 32.1. The number of benzene rings is 2. The molecule has 2 aromatic carbocycles. The molecule has 0 saturated carbocycles. The fraction of sp³-hybridized carbons (Fsp3) is 0.217. The molecule has 148 valence electrons. The maximum Gasteiger partial charge on any atom is 0.244 e. The molecule has 0 spiro atoms. The Morgan fingerprint density at radius 3 is 2.66 bits per heavy atom. The van der Waals surface area contributed by atoms with E-state index in [1.54, 1.807) is 16.2 Å². The van der Waals surface area contributed by atoms with Gasteiger partial charge in [0.15, 0.2) is 0 Å². The number of amides is 2. The summed E-state index contributed by atoms with van der Waals surface area (Å²) in [6.07, 6.45) is 0.992. The minimum atomic E-state index is -0.179. The van der Waals surface area contributed by atoms with Crippen LogP contribution in [0.15, 0.2) is 66.0 Å². The maximum atomic E-state index is 13.0. The highest BCUT2D eigenvalue weighted by molar-refractivity contribution is 7.10. The predicted molar refractivity (Wildman–Crippen MR) is 117 cm³/mol. The quantitative estimate of drug-likeness (QED) is 0.652. The van der Waals surface area contributed by atoms with Gasteiger partial charge in [0.05, 0.1) is 24.0 Å². The molecular weight excluding hydrogens is 382 g/mol. The van der Waals surface area contributed by atoms with Crippen molar-refractivity contribution in [3.8, 4) is 0 Å². The van der Waals surface area contributed by atoms with Gasteiger partial charge in [0.25, 0.3) is 0 Å². The molecular formula is C23H23N3O2S. The molecule has 4 rings (SSSR count). The van der Waals surface area contributed by atoms with Gasteiger partial charge in [-0.05, 0) is 41.1 Å². The molecule has 2 amide bonds. The van der Waals surface area contributed by atoms with E-state index >= 15 is 0 Å². The molecule has 0 fully saturated rings. The van der Waals surface area contributed by atoms with Gasteiger partial charge in [0.1, 0.15) is 6.54 Å². The van der Waals surface area contributed by atoms with Crippen molar-refractivity contribution < 1.29 is 9.59 Å². The standard InChI is InChI=1S/C23H23N3O2S/c1-2-16-9-11-17(12-10-16)23(20-8-5-13-29-20)24-14-22(28)26-15-21(27)25-18-6-3-4-7-19(18)26/h3-13,23-24H,2,14-15H2,1H3,(H,25,27)/t23-/m1/s1. The lowest BCUT2D eigenvalue weighted by Gasteiger charge is -2.30. The fourth-order valence-corrected chi connectivity index (χ4v) is 4.35. The van der Waals surface area contributed by atoms with Gasteiger partial charge in [-0.3, -0.25) is 19.8 Å². The van der Waals surface area contributed by atoms with Crippen LogP contribution in [0, 0.1) is 0 Å². The van der Waals surface area contributed by atoms with Gasteiger partial charge in [-0.1, -0.05) is 49.4 Å². The number of hydrogen-bond acceptors (Lipinski definition) is 4. The number of rotatable bonds is 6. The van der Waals surface area contributed by atoms with Crippen LogP contribution in [0.3, 0.4) is 0 Å². The Bertz CT molecular complexity index is 999. The molecule has 1 atom stereocenters. The number of anilines is 2. The SMILES string of the molecule is CCc1ccc([C@@H](NCC(=O)N2CC(=O)Nc3ccccc32)c2cccs2)cc1. The summed E-state index contributed by atoms with van der Waals surface area (Å²) in [5, 5.41) is 8.26. The Morgan fingerprint density at radius 1 is 1.14 bits per heavy atom. The third-order valence-corrected chi connectivity index (χ3v) is 6.02. The zero-order valence-corrected chi connectivity index (χ0v) is 17.0. The van der Waals surface area contributed by atoms with Gasteiger partial charge < -0.3 is 5.32 Å². The Kier molecular flexibility index (Phi) is 5.74. The highest BCUT2D eigenvalue weighted by Gasteiger charge is 2.27. The van der Waals surface area contributed by atoms with Gasteiger partial charge in [-0.15, -0.1) is 11.3 Å². The smallest absolute Gasteiger partial charge is 0.244 e. The topological polar surface area (TPSA) is 61.4 Å². The van der Waals surface area contributed by atoms with Crippen LogP contribution in [0.2, 0.25) is 0 Å². The molecule has 0 radical (unpaired) electrons. The number of carbonyl (C=O) groups is 2. The lowest BCUT2D eigenvalue weighted by Crippen LogP contribution is -2.46. The van der Waals surface area contributed by atoms with Gasteiger partial charge in [0, 0.05) is 4.88 Å². The minimum absolute atomic E-state index is 0.0341. The Labute approximate surface area is 174 Å². The summed E-state index contributed by atoms with van der Waals surface area (Å²) in [7, 11) is 0. The molecule has 0 aliphatic carbocycles. The van der Waals surface area contributed by atoms with Crippen LogP contribution in [0.5, 0.6) is 0 Å². The normalized spacial score (nSPS) is 14.2. The van der Waals surface area contributed by atoms with Crippen LogP contribution in [0.1, 0.15) is 29.0 Å². The first kappa shape index (κ1) is 19.4. The minimum Gasteiger partial charge on any atom is -0.323 e. The monoisotopic (exact) mass is 405 g/mol. The summed E-state index contributed by atoms with van der Waals surface area (Å²) >= 11 is 1.66. The number of fused-ring (bicyclic) bond motifs is 1. The van der Waals surface area contributed by atoms with Crippen molar-refractivity contribution in [2.75, 3.05) is 23.3 Å². The van der Waals surface area contributed by atoms with Crippen molar-refractivity contribution in [2.45, 2.75) is 19.4 Å². The van der Waals surface area contributed by atoms with Crippen LogP contribution < -0.4 is 15.5 Å². The molecule has 0 bridgehead atoms. The Balaban J connectivity index is 1.53. The number of para-hydroxylation sites is 2. The van der Waals surface area contributed by atoms with E-state index in [-0.39, 0.29) is 30.9 Å². The lowest BCUT2D eigenvalue weighted by molar-refractivity contribution is -0.121. The largest absolute Gasteiger partial charge is 0.323 e. The first-order valence-electron chi connectivity index (χ1n) is 9.70. The van der Waals surface area contributed by atoms with E-state index in [9.17, 15) is 9.59 Å². The van der Waals surface area contributed by atoms with Crippen LogP contribution >= 0.6 is 11.3 Å². The molecule has 3 aromatic rings. The molecule has 0 unspecified atom stereocenters. The fourth-order valence-electron chi connectivity index (χ4n) is 3.52. The second kappa shape index (κ2) is 8.59. The average molecular weight is 406 g/mol. The third kappa shape index (κ3) is 4.23.